The summed E-state index contributed by atoms with van der Waals surface area (Å²) in [6.45, 7) is 0.626. The predicted octanol–water partition coefficient (Wildman–Crippen LogP) is 0.248. The Balaban J connectivity index is 1.81. The number of piperazine rings is 1. The molecule has 168 valence electrons. The number of aliphatic carboxylic acids is 1. The van der Waals surface area contributed by atoms with Crippen molar-refractivity contribution in [3.8, 4) is 5.75 Å². The molecule has 0 bridgehead atoms. The number of nitrogens with zero attached hydrogens (tertiary/aromatic N) is 3. The van der Waals surface area contributed by atoms with Crippen LogP contribution in [0.25, 0.3) is 0 Å². The van der Waals surface area contributed by atoms with Crippen molar-refractivity contribution in [1.82, 2.24) is 20.2 Å². The van der Waals surface area contributed by atoms with Crippen molar-refractivity contribution >= 4 is 23.6 Å². The van der Waals surface area contributed by atoms with Crippen molar-refractivity contribution in [2.45, 2.75) is 24.8 Å². The molecule has 0 radical (unpaired) electrons. The lowest BCUT2D eigenvalue weighted by molar-refractivity contribution is -0.157. The van der Waals surface area contributed by atoms with Gasteiger partial charge in [0.2, 0.25) is 0 Å². The Labute approximate surface area is 184 Å². The molecule has 1 aromatic heterocycles. The van der Waals surface area contributed by atoms with Gasteiger partial charge in [-0.3, -0.25) is 19.8 Å². The summed E-state index contributed by atoms with van der Waals surface area (Å²) in [5.74, 6) is -2.16. The average molecular weight is 440 g/mol. The predicted molar refractivity (Wildman–Crippen MR) is 113 cm³/mol. The Morgan fingerprint density at radius 1 is 1.25 bits per heavy atom. The number of hydrogen-bond acceptors (Lipinski definition) is 7. The van der Waals surface area contributed by atoms with Crippen LogP contribution in [0.3, 0.4) is 0 Å². The second kappa shape index (κ2) is 9.86. The fraction of sp³-hybridized carbons (Fsp3) is 0.333. The van der Waals surface area contributed by atoms with Gasteiger partial charge in [-0.05, 0) is 37.1 Å². The van der Waals surface area contributed by atoms with Gasteiger partial charge in [-0.2, -0.15) is 0 Å². The summed E-state index contributed by atoms with van der Waals surface area (Å²) in [7, 11) is 0. The molecule has 32 heavy (non-hydrogen) atoms. The van der Waals surface area contributed by atoms with Crippen LogP contribution in [0.2, 0.25) is 0 Å². The number of carbonyl (C=O) groups excluding carboxylic acids is 2. The third-order valence-corrected chi connectivity index (χ3v) is 5.29. The highest BCUT2D eigenvalue weighted by Crippen LogP contribution is 2.37. The van der Waals surface area contributed by atoms with Crippen LogP contribution < -0.4 is 15.8 Å². The zero-order valence-corrected chi connectivity index (χ0v) is 17.3. The Hall–Kier alpha value is -4.02. The fourth-order valence-corrected chi connectivity index (χ4v) is 3.79. The van der Waals surface area contributed by atoms with Crippen LogP contribution >= 0.6 is 0 Å². The fourth-order valence-electron chi connectivity index (χ4n) is 3.79. The van der Waals surface area contributed by atoms with E-state index in [9.17, 15) is 19.5 Å². The second-order valence-electron chi connectivity index (χ2n) is 7.33. The summed E-state index contributed by atoms with van der Waals surface area (Å²) in [6.07, 6.45) is 4.45. The maximum atomic E-state index is 12.7. The standard InChI is InChI=1S/C21H24N6O5/c22-18(23)14-2-4-16(5-3-14)32-9-1-6-21(10-17(28)29,15-11-24-13-25-12-15)27-8-7-26-19(30)20(27)31/h2-5,11-13H,1,6-10H2,(H3,22,23)(H,26,30)(H,28,29). The number of nitrogens with two attached hydrogens (primary N) is 1. The normalized spacial score (nSPS) is 15.6. The van der Waals surface area contributed by atoms with Crippen LogP contribution in [0.4, 0.5) is 0 Å². The maximum absolute atomic E-state index is 12.7. The lowest BCUT2D eigenvalue weighted by Gasteiger charge is -2.44. The van der Waals surface area contributed by atoms with Crippen LogP contribution in [0, 0.1) is 5.41 Å². The number of nitrogens with one attached hydrogen (secondary N) is 2. The maximum Gasteiger partial charge on any atom is 0.312 e. The highest BCUT2D eigenvalue weighted by molar-refractivity contribution is 6.35. The van der Waals surface area contributed by atoms with E-state index < -0.39 is 29.7 Å². The molecule has 1 atom stereocenters. The number of aromatic nitrogens is 2. The van der Waals surface area contributed by atoms with E-state index in [0.29, 0.717) is 23.3 Å². The van der Waals surface area contributed by atoms with Gasteiger partial charge >= 0.3 is 17.8 Å². The summed E-state index contributed by atoms with van der Waals surface area (Å²) >= 11 is 0. The number of carboxylic acid groups (broad SMARTS) is 1. The highest BCUT2D eigenvalue weighted by atomic mass is 16.5. The van der Waals surface area contributed by atoms with Crippen LogP contribution in [-0.2, 0) is 19.9 Å². The Morgan fingerprint density at radius 2 is 1.94 bits per heavy atom. The minimum Gasteiger partial charge on any atom is -0.494 e. The van der Waals surface area contributed by atoms with E-state index in [2.05, 4.69) is 15.3 Å². The van der Waals surface area contributed by atoms with Gasteiger partial charge in [0.25, 0.3) is 0 Å². The van der Waals surface area contributed by atoms with Gasteiger partial charge < -0.3 is 25.8 Å². The lowest BCUT2D eigenvalue weighted by Crippen LogP contribution is -2.60. The molecule has 1 unspecified atom stereocenters. The molecule has 1 fully saturated rings. The molecule has 1 saturated heterocycles. The molecule has 0 saturated carbocycles. The number of rotatable bonds is 10. The van der Waals surface area contributed by atoms with Crippen LogP contribution in [0.1, 0.15) is 30.4 Å². The molecule has 1 aromatic carbocycles. The molecule has 2 aromatic rings. The topological polar surface area (TPSA) is 172 Å². The molecule has 0 aliphatic carbocycles. The van der Waals surface area contributed by atoms with Crippen molar-refractivity contribution < 1.29 is 24.2 Å². The van der Waals surface area contributed by atoms with Gasteiger partial charge in [-0.15, -0.1) is 0 Å². The highest BCUT2D eigenvalue weighted by Gasteiger charge is 2.46. The quantitative estimate of drug-likeness (QED) is 0.176. The Kier molecular flexibility index (Phi) is 6.98. The van der Waals surface area contributed by atoms with Crippen LogP contribution in [0.5, 0.6) is 5.75 Å². The number of amidine groups is 1. The summed E-state index contributed by atoms with van der Waals surface area (Å²) in [6, 6.07) is 6.70. The monoisotopic (exact) mass is 440 g/mol. The molecule has 2 amide bonds. The first-order valence-electron chi connectivity index (χ1n) is 9.98. The SMILES string of the molecule is N=C(N)c1ccc(OCCCC(CC(=O)O)(c2cncnc2)N2CCNC(=O)C2=O)cc1. The van der Waals surface area contributed by atoms with E-state index in [1.807, 2.05) is 0 Å². The molecule has 1 aliphatic rings. The lowest BCUT2D eigenvalue weighted by atomic mass is 9.81. The van der Waals surface area contributed by atoms with E-state index in [0.717, 1.165) is 0 Å². The minimum absolute atomic E-state index is 0.0460. The van der Waals surface area contributed by atoms with Crippen molar-refractivity contribution in [2.24, 2.45) is 5.73 Å². The van der Waals surface area contributed by atoms with Crippen molar-refractivity contribution in [3.05, 3.63) is 54.1 Å². The zero-order valence-electron chi connectivity index (χ0n) is 17.3. The van der Waals surface area contributed by atoms with Crippen molar-refractivity contribution in [3.63, 3.8) is 0 Å². The van der Waals surface area contributed by atoms with Crippen molar-refractivity contribution in [1.29, 1.82) is 5.41 Å². The first-order valence-corrected chi connectivity index (χ1v) is 9.98. The number of carboxylic acids is 1. The summed E-state index contributed by atoms with van der Waals surface area (Å²) in [5, 5.41) is 19.6. The number of benzene rings is 1. The zero-order chi connectivity index (χ0) is 23.1. The van der Waals surface area contributed by atoms with Crippen LogP contribution in [-0.4, -0.2) is 63.3 Å². The summed E-state index contributed by atoms with van der Waals surface area (Å²) < 4.78 is 5.74. The van der Waals surface area contributed by atoms with E-state index in [-0.39, 0.29) is 32.0 Å². The smallest absolute Gasteiger partial charge is 0.312 e. The van der Waals surface area contributed by atoms with Crippen LogP contribution in [0.15, 0.2) is 43.0 Å². The average Bonchev–Trinajstić information content (AvgIpc) is 2.78. The van der Waals surface area contributed by atoms with Gasteiger partial charge in [0.1, 0.15) is 17.9 Å². The molecule has 1 aliphatic heterocycles. The van der Waals surface area contributed by atoms with Gasteiger partial charge in [-0.25, -0.2) is 9.97 Å². The molecule has 3 rings (SSSR count). The van der Waals surface area contributed by atoms with E-state index in [1.165, 1.54) is 23.6 Å². The van der Waals surface area contributed by atoms with Gasteiger partial charge in [0, 0.05) is 36.6 Å². The number of amides is 2. The third-order valence-electron chi connectivity index (χ3n) is 5.29. The molecular weight excluding hydrogens is 416 g/mol. The minimum atomic E-state index is -1.30. The van der Waals surface area contributed by atoms with E-state index in [4.69, 9.17) is 15.9 Å². The van der Waals surface area contributed by atoms with Crippen molar-refractivity contribution in [2.75, 3.05) is 19.7 Å². The number of nitrogen functional groups attached to an aromatic ring is 1. The molecule has 5 N–H and O–H groups in total. The molecular formula is C21H24N6O5. The Morgan fingerprint density at radius 3 is 2.56 bits per heavy atom. The number of hydrogen-bond donors (Lipinski definition) is 4. The second-order valence-corrected chi connectivity index (χ2v) is 7.33. The molecule has 11 nitrogen and oxygen atoms in total. The van der Waals surface area contributed by atoms with Gasteiger partial charge in [0.15, 0.2) is 0 Å². The largest absolute Gasteiger partial charge is 0.494 e. The van der Waals surface area contributed by atoms with E-state index in [1.54, 1.807) is 24.3 Å². The molecule has 11 heteroatoms. The summed E-state index contributed by atoms with van der Waals surface area (Å²) in [4.78, 5) is 45.8. The van der Waals surface area contributed by atoms with E-state index >= 15 is 0 Å². The first-order chi connectivity index (χ1) is 15.3. The number of ether oxygens (including phenoxy) is 1. The number of carbonyl (C=O) groups is 3. The Bertz CT molecular complexity index is 997. The molecule has 0 spiro atoms. The molecule has 2 heterocycles. The first kappa shape index (κ1) is 22.7. The summed E-state index contributed by atoms with van der Waals surface area (Å²) in [5.41, 5.74) is 5.16. The third kappa shape index (κ3) is 4.99. The van der Waals surface area contributed by atoms with Gasteiger partial charge in [-0.1, -0.05) is 0 Å². The van der Waals surface area contributed by atoms with Gasteiger partial charge in [0.05, 0.1) is 18.6 Å².